The molecule has 4 unspecified atom stereocenters. The van der Waals surface area contributed by atoms with Gasteiger partial charge >= 0.3 is 5.97 Å². The molecule has 2 fully saturated rings. The third-order valence-electron chi connectivity index (χ3n) is 5.25. The number of hydrogen-bond donors (Lipinski definition) is 2. The fourth-order valence-electron chi connectivity index (χ4n) is 4.10. The van der Waals surface area contributed by atoms with E-state index in [0.717, 1.165) is 29.7 Å². The zero-order valence-corrected chi connectivity index (χ0v) is 15.6. The van der Waals surface area contributed by atoms with Crippen LogP contribution >= 0.6 is 11.3 Å². The average Bonchev–Trinajstić information content (AvgIpc) is 3.26. The van der Waals surface area contributed by atoms with Crippen LogP contribution in [0.3, 0.4) is 0 Å². The largest absolute Gasteiger partial charge is 0.452 e. The van der Waals surface area contributed by atoms with Crippen molar-refractivity contribution in [2.45, 2.75) is 42.9 Å². The number of thiophene rings is 1. The maximum Gasteiger partial charge on any atom is 0.339 e. The van der Waals surface area contributed by atoms with Crippen molar-refractivity contribution in [1.29, 1.82) is 0 Å². The lowest BCUT2D eigenvalue weighted by Crippen LogP contribution is -2.42. The summed E-state index contributed by atoms with van der Waals surface area (Å²) in [5, 5.41) is 9.26. The van der Waals surface area contributed by atoms with Crippen LogP contribution in [0.15, 0.2) is 15.7 Å². The molecule has 1 amide bonds. The Morgan fingerprint density at radius 2 is 2.16 bits per heavy atom. The van der Waals surface area contributed by atoms with Crippen molar-refractivity contribution < 1.29 is 22.7 Å². The molecule has 1 aromatic heterocycles. The Bertz CT molecular complexity index is 773. The molecule has 1 heterocycles. The van der Waals surface area contributed by atoms with Crippen LogP contribution in [0.25, 0.3) is 0 Å². The molecule has 2 saturated carbocycles. The number of nitrogens with two attached hydrogens (primary N) is 1. The lowest BCUT2D eigenvalue weighted by molar-refractivity contribution is -0.125. The third-order valence-corrected chi connectivity index (χ3v) is 7.64. The Kier molecular flexibility index (Phi) is 5.17. The maximum absolute atomic E-state index is 12.0. The lowest BCUT2D eigenvalue weighted by Gasteiger charge is -2.28. The molecule has 2 bridgehead atoms. The van der Waals surface area contributed by atoms with E-state index in [4.69, 9.17) is 9.88 Å². The normalized spacial score (nSPS) is 26.4. The van der Waals surface area contributed by atoms with Gasteiger partial charge in [-0.1, -0.05) is 6.42 Å². The van der Waals surface area contributed by atoms with Crippen LogP contribution in [0.4, 0.5) is 0 Å². The highest BCUT2D eigenvalue weighted by Gasteiger charge is 2.42. The summed E-state index contributed by atoms with van der Waals surface area (Å²) in [6.45, 7) is 1.62. The first-order valence-electron chi connectivity index (χ1n) is 8.32. The Morgan fingerprint density at radius 3 is 2.72 bits per heavy atom. The number of primary sulfonamides is 1. The van der Waals surface area contributed by atoms with E-state index in [-0.39, 0.29) is 28.3 Å². The second kappa shape index (κ2) is 7.05. The van der Waals surface area contributed by atoms with E-state index in [1.807, 2.05) is 6.92 Å². The van der Waals surface area contributed by atoms with Gasteiger partial charge in [-0.15, -0.1) is 11.3 Å². The molecule has 0 radical (unpaired) electrons. The van der Waals surface area contributed by atoms with E-state index in [9.17, 15) is 18.0 Å². The summed E-state index contributed by atoms with van der Waals surface area (Å²) in [4.78, 5) is 23.9. The van der Waals surface area contributed by atoms with Crippen molar-refractivity contribution in [2.75, 3.05) is 6.61 Å². The molecule has 9 heteroatoms. The number of carbonyl (C=O) groups is 2. The van der Waals surface area contributed by atoms with E-state index < -0.39 is 16.0 Å². The molecular weight excluding hydrogens is 364 g/mol. The monoisotopic (exact) mass is 386 g/mol. The number of carbonyl (C=O) groups excluding carboxylic acids is 2. The molecule has 7 nitrogen and oxygen atoms in total. The van der Waals surface area contributed by atoms with Gasteiger partial charge in [0.1, 0.15) is 4.21 Å². The van der Waals surface area contributed by atoms with Crippen LogP contribution in [-0.4, -0.2) is 32.9 Å². The van der Waals surface area contributed by atoms with Crippen molar-refractivity contribution >= 4 is 33.2 Å². The van der Waals surface area contributed by atoms with Gasteiger partial charge in [-0.2, -0.15) is 0 Å². The van der Waals surface area contributed by atoms with Gasteiger partial charge in [0.25, 0.3) is 5.91 Å². The zero-order valence-electron chi connectivity index (χ0n) is 13.9. The van der Waals surface area contributed by atoms with Crippen LogP contribution in [0, 0.1) is 17.8 Å². The van der Waals surface area contributed by atoms with Gasteiger partial charge in [0.2, 0.25) is 10.0 Å². The third kappa shape index (κ3) is 4.21. The van der Waals surface area contributed by atoms with Gasteiger partial charge in [-0.3, -0.25) is 4.79 Å². The zero-order chi connectivity index (χ0) is 18.2. The van der Waals surface area contributed by atoms with Gasteiger partial charge in [-0.25, -0.2) is 18.4 Å². The highest BCUT2D eigenvalue weighted by Crippen LogP contribution is 2.49. The molecule has 1 aromatic rings. The minimum atomic E-state index is -3.85. The van der Waals surface area contributed by atoms with Gasteiger partial charge in [-0.05, 0) is 50.0 Å². The van der Waals surface area contributed by atoms with Crippen molar-refractivity contribution in [1.82, 2.24) is 5.32 Å². The molecular formula is C16H22N2O5S2. The number of rotatable bonds is 6. The average molecular weight is 386 g/mol. The Hall–Kier alpha value is -1.45. The smallest absolute Gasteiger partial charge is 0.339 e. The van der Waals surface area contributed by atoms with Crippen LogP contribution < -0.4 is 10.5 Å². The number of ether oxygens (including phenoxy) is 1. The Morgan fingerprint density at radius 1 is 1.40 bits per heavy atom. The van der Waals surface area contributed by atoms with E-state index in [2.05, 4.69) is 5.32 Å². The molecule has 138 valence electrons. The van der Waals surface area contributed by atoms with Gasteiger partial charge in [0, 0.05) is 11.4 Å². The van der Waals surface area contributed by atoms with Crippen molar-refractivity contribution in [3.05, 3.63) is 17.0 Å². The molecule has 3 N–H and O–H groups in total. The molecule has 0 spiro atoms. The fraction of sp³-hybridized carbons (Fsp3) is 0.625. The quantitative estimate of drug-likeness (QED) is 0.719. The highest BCUT2D eigenvalue weighted by molar-refractivity contribution is 7.91. The maximum atomic E-state index is 12.0. The predicted molar refractivity (Wildman–Crippen MR) is 92.5 cm³/mol. The van der Waals surface area contributed by atoms with Gasteiger partial charge < -0.3 is 10.1 Å². The highest BCUT2D eigenvalue weighted by atomic mass is 32.2. The first-order valence-corrected chi connectivity index (χ1v) is 10.7. The summed E-state index contributed by atoms with van der Waals surface area (Å²) >= 11 is 0.839. The summed E-state index contributed by atoms with van der Waals surface area (Å²) in [5.41, 5.74) is 0.0722. The summed E-state index contributed by atoms with van der Waals surface area (Å²) in [7, 11) is -3.85. The summed E-state index contributed by atoms with van der Waals surface area (Å²) in [5.74, 6) is 0.927. The van der Waals surface area contributed by atoms with Crippen molar-refractivity contribution in [3.63, 3.8) is 0 Å². The van der Waals surface area contributed by atoms with Crippen LogP contribution in [0.5, 0.6) is 0 Å². The molecule has 2 aliphatic rings. The molecule has 3 rings (SSSR count). The van der Waals surface area contributed by atoms with E-state index in [1.165, 1.54) is 24.6 Å². The van der Waals surface area contributed by atoms with Crippen LogP contribution in [0.1, 0.15) is 43.0 Å². The molecule has 0 aliphatic heterocycles. The van der Waals surface area contributed by atoms with E-state index in [1.54, 1.807) is 0 Å². The van der Waals surface area contributed by atoms with Crippen molar-refractivity contribution in [2.24, 2.45) is 22.9 Å². The Labute approximate surface area is 151 Å². The minimum Gasteiger partial charge on any atom is -0.452 e. The number of esters is 1. The summed E-state index contributed by atoms with van der Waals surface area (Å²) in [6, 6.07) is 1.22. The number of sulfonamides is 1. The van der Waals surface area contributed by atoms with Crippen LogP contribution in [0.2, 0.25) is 0 Å². The standard InChI is InChI=1S/C16H22N2O5S2/c1-9(13-5-10-2-3-11(13)4-10)18-14(19)7-23-16(20)12-6-15(24-8-12)25(17,21)22/h6,8-11,13H,2-5,7H2,1H3,(H,18,19)(H2,17,21,22). The molecule has 2 aliphatic carbocycles. The van der Waals surface area contributed by atoms with Crippen molar-refractivity contribution in [3.8, 4) is 0 Å². The van der Waals surface area contributed by atoms with Gasteiger partial charge in [0.05, 0.1) is 5.56 Å². The topological polar surface area (TPSA) is 116 Å². The minimum absolute atomic E-state index is 0.0663. The molecule has 0 saturated heterocycles. The fourth-order valence-corrected chi connectivity index (χ4v) is 5.67. The van der Waals surface area contributed by atoms with E-state index >= 15 is 0 Å². The Balaban J connectivity index is 1.47. The number of amides is 1. The first-order chi connectivity index (χ1) is 11.7. The first kappa shape index (κ1) is 18.3. The number of fused-ring (bicyclic) bond motifs is 2. The molecule has 0 aromatic carbocycles. The van der Waals surface area contributed by atoms with Gasteiger partial charge in [0.15, 0.2) is 6.61 Å². The number of hydrogen-bond acceptors (Lipinski definition) is 6. The SMILES string of the molecule is CC(NC(=O)COC(=O)c1csc(S(N)(=O)=O)c1)C1CC2CCC1C2. The second-order valence-corrected chi connectivity index (χ2v) is 9.67. The predicted octanol–water partition coefficient (Wildman–Crippen LogP) is 1.49. The molecule has 4 atom stereocenters. The van der Waals surface area contributed by atoms with Crippen LogP contribution in [-0.2, 0) is 19.6 Å². The lowest BCUT2D eigenvalue weighted by atomic mass is 9.84. The van der Waals surface area contributed by atoms with E-state index in [0.29, 0.717) is 11.8 Å². The molecule has 25 heavy (non-hydrogen) atoms. The number of nitrogens with one attached hydrogen (secondary N) is 1. The second-order valence-electron chi connectivity index (χ2n) is 6.97. The summed E-state index contributed by atoms with van der Waals surface area (Å²) in [6.07, 6.45) is 4.98. The summed E-state index contributed by atoms with van der Waals surface area (Å²) < 4.78 is 27.3.